The predicted octanol–water partition coefficient (Wildman–Crippen LogP) is 3.54. The van der Waals surface area contributed by atoms with Crippen molar-refractivity contribution < 1.29 is 19.5 Å². The average Bonchev–Trinajstić information content (AvgIpc) is 3.36. The molecule has 0 fully saturated rings. The molecule has 1 atom stereocenters. The monoisotopic (exact) mass is 524 g/mol. The van der Waals surface area contributed by atoms with Crippen LogP contribution in [-0.2, 0) is 12.1 Å². The molecule has 1 aliphatic heterocycles. The van der Waals surface area contributed by atoms with E-state index in [2.05, 4.69) is 20.8 Å². The van der Waals surface area contributed by atoms with Crippen LogP contribution in [0, 0.1) is 0 Å². The first-order valence-corrected chi connectivity index (χ1v) is 11.6. The van der Waals surface area contributed by atoms with Crippen LogP contribution in [-0.4, -0.2) is 63.7 Å². The molecule has 0 radical (unpaired) electrons. The second kappa shape index (κ2) is 11.1. The van der Waals surface area contributed by atoms with Gasteiger partial charge in [-0.2, -0.15) is 18.6 Å². The fourth-order valence-corrected chi connectivity index (χ4v) is 4.40. The van der Waals surface area contributed by atoms with E-state index in [0.29, 0.717) is 17.9 Å². The number of carboxylic acid groups (broad SMARTS) is 1. The van der Waals surface area contributed by atoms with E-state index in [4.69, 9.17) is 5.11 Å². The number of benzene rings is 2. The van der Waals surface area contributed by atoms with Gasteiger partial charge in [0.05, 0.1) is 29.4 Å². The smallest absolute Gasteiger partial charge is 0.335 e. The zero-order valence-corrected chi connectivity index (χ0v) is 22.2. The zero-order valence-electron chi connectivity index (χ0n) is 21.2. The minimum absolute atomic E-state index is 0. The minimum Gasteiger partial charge on any atom is -0.478 e. The molecule has 4 N–H and O–H groups in total. The number of hydrogen-bond acceptors (Lipinski definition) is 5. The Balaban J connectivity index is 0.00000380. The van der Waals surface area contributed by atoms with Gasteiger partial charge in [-0.15, -0.1) is 0 Å². The number of aromatic carboxylic acids is 1. The zero-order chi connectivity index (χ0) is 26.0. The Morgan fingerprint density at radius 1 is 1.08 bits per heavy atom. The summed E-state index contributed by atoms with van der Waals surface area (Å²) in [6.07, 6.45) is 0. The number of likely N-dealkylation sites (N-methyl/N-ethyl adjacent to an activating group) is 1. The van der Waals surface area contributed by atoms with E-state index >= 15 is 0 Å². The number of anilines is 1. The molecule has 3 aromatic rings. The second-order valence-corrected chi connectivity index (χ2v) is 9.58. The van der Waals surface area contributed by atoms with Crippen molar-refractivity contribution >= 4 is 37.2 Å². The molecule has 196 valence electrons. The van der Waals surface area contributed by atoms with Crippen molar-refractivity contribution in [1.29, 1.82) is 0 Å². The molecule has 11 heteroatoms. The lowest BCUT2D eigenvalue weighted by Gasteiger charge is -2.34. The average molecular weight is 525 g/mol. The van der Waals surface area contributed by atoms with Crippen LogP contribution in [0.5, 0.6) is 0 Å². The molecule has 0 saturated carbocycles. The van der Waals surface area contributed by atoms with E-state index in [1.165, 1.54) is 24.3 Å². The summed E-state index contributed by atoms with van der Waals surface area (Å²) in [5.74, 6) is -1.14. The Morgan fingerprint density at radius 2 is 1.70 bits per heavy atom. The Morgan fingerprint density at radius 3 is 2.30 bits per heavy atom. The SMILES string of the molecule is CN(C)C[C@@H](NC(=O)N1Cc2c(NC(=O)c3ccc(C(=O)O)cc3)n[nH]c2C1(C)C)c1ccccc1.S. The van der Waals surface area contributed by atoms with Crippen molar-refractivity contribution in [2.75, 3.05) is 26.0 Å². The number of hydrogen-bond donors (Lipinski definition) is 4. The molecule has 2 heterocycles. The lowest BCUT2D eigenvalue weighted by molar-refractivity contribution is 0.0696. The Labute approximate surface area is 222 Å². The van der Waals surface area contributed by atoms with Crippen molar-refractivity contribution in [3.63, 3.8) is 0 Å². The summed E-state index contributed by atoms with van der Waals surface area (Å²) in [5.41, 5.74) is 2.21. The van der Waals surface area contributed by atoms with Gasteiger partial charge in [-0.25, -0.2) is 9.59 Å². The van der Waals surface area contributed by atoms with E-state index in [-0.39, 0.29) is 37.7 Å². The molecule has 0 spiro atoms. The number of fused-ring (bicyclic) bond motifs is 1. The van der Waals surface area contributed by atoms with E-state index in [0.717, 1.165) is 16.8 Å². The molecule has 0 saturated heterocycles. The van der Waals surface area contributed by atoms with Crippen molar-refractivity contribution in [2.45, 2.75) is 32.0 Å². The molecule has 10 nitrogen and oxygen atoms in total. The first-order valence-electron chi connectivity index (χ1n) is 11.6. The molecule has 1 aromatic heterocycles. The van der Waals surface area contributed by atoms with Crippen molar-refractivity contribution in [1.82, 2.24) is 25.3 Å². The number of carbonyl (C=O) groups excluding carboxylic acids is 2. The van der Waals surface area contributed by atoms with Crippen LogP contribution in [0.3, 0.4) is 0 Å². The van der Waals surface area contributed by atoms with E-state index in [1.54, 1.807) is 4.90 Å². The third kappa shape index (κ3) is 5.78. The number of urea groups is 1. The number of aromatic nitrogens is 2. The van der Waals surface area contributed by atoms with Crippen molar-refractivity contribution in [3.05, 3.63) is 82.5 Å². The summed E-state index contributed by atoms with van der Waals surface area (Å²) in [7, 11) is 3.92. The predicted molar refractivity (Wildman–Crippen MR) is 145 cm³/mol. The Bertz CT molecular complexity index is 1270. The van der Waals surface area contributed by atoms with Crippen molar-refractivity contribution in [3.8, 4) is 0 Å². The maximum absolute atomic E-state index is 13.5. The molecule has 4 rings (SSSR count). The van der Waals surface area contributed by atoms with Gasteiger partial charge in [-0.3, -0.25) is 9.89 Å². The fraction of sp³-hybridized carbons (Fsp3) is 0.308. The van der Waals surface area contributed by atoms with Crippen LogP contribution in [0.15, 0.2) is 54.6 Å². The first-order chi connectivity index (χ1) is 17.1. The Kier molecular flexibility index (Phi) is 8.29. The molecule has 0 aliphatic carbocycles. The van der Waals surface area contributed by atoms with Crippen molar-refractivity contribution in [2.24, 2.45) is 0 Å². The lowest BCUT2D eigenvalue weighted by atomic mass is 10.0. The summed E-state index contributed by atoms with van der Waals surface area (Å²) in [4.78, 5) is 41.0. The fourth-order valence-electron chi connectivity index (χ4n) is 4.40. The summed E-state index contributed by atoms with van der Waals surface area (Å²) in [6.45, 7) is 4.76. The number of carboxylic acids is 1. The van der Waals surface area contributed by atoms with Gasteiger partial charge in [0.2, 0.25) is 0 Å². The summed E-state index contributed by atoms with van der Waals surface area (Å²) in [5, 5.41) is 22.3. The quantitative estimate of drug-likeness (QED) is 0.374. The second-order valence-electron chi connectivity index (χ2n) is 9.58. The van der Waals surface area contributed by atoms with E-state index < -0.39 is 17.4 Å². The lowest BCUT2D eigenvalue weighted by Crippen LogP contribution is -2.48. The highest BCUT2D eigenvalue weighted by Gasteiger charge is 2.44. The number of nitrogens with one attached hydrogen (secondary N) is 3. The van der Waals surface area contributed by atoms with Crippen LogP contribution in [0.4, 0.5) is 10.6 Å². The summed E-state index contributed by atoms with van der Waals surface area (Å²) >= 11 is 0. The van der Waals surface area contributed by atoms with Crippen LogP contribution >= 0.6 is 13.5 Å². The van der Waals surface area contributed by atoms with Gasteiger partial charge in [0.1, 0.15) is 0 Å². The van der Waals surface area contributed by atoms with Gasteiger partial charge in [0, 0.05) is 17.7 Å². The molecule has 2 aromatic carbocycles. The van der Waals surface area contributed by atoms with Gasteiger partial charge in [-0.05, 0) is 57.8 Å². The summed E-state index contributed by atoms with van der Waals surface area (Å²) in [6, 6.07) is 15.0. The number of amides is 3. The van der Waals surface area contributed by atoms with Gasteiger partial charge < -0.3 is 25.5 Å². The van der Waals surface area contributed by atoms with Crippen LogP contribution < -0.4 is 10.6 Å². The topological polar surface area (TPSA) is 131 Å². The van der Waals surface area contributed by atoms with Gasteiger partial charge in [-0.1, -0.05) is 30.3 Å². The summed E-state index contributed by atoms with van der Waals surface area (Å²) < 4.78 is 0. The number of rotatable bonds is 7. The van der Waals surface area contributed by atoms with E-state index in [1.807, 2.05) is 63.2 Å². The molecule has 0 bridgehead atoms. The van der Waals surface area contributed by atoms with Crippen LogP contribution in [0.2, 0.25) is 0 Å². The first kappa shape index (κ1) is 27.8. The highest BCUT2D eigenvalue weighted by molar-refractivity contribution is 7.59. The number of nitrogens with zero attached hydrogens (tertiary/aromatic N) is 3. The number of H-pyrrole nitrogens is 1. The molecule has 0 unspecified atom stereocenters. The van der Waals surface area contributed by atoms with Gasteiger partial charge in [0.25, 0.3) is 5.91 Å². The minimum atomic E-state index is -1.06. The highest BCUT2D eigenvalue weighted by atomic mass is 32.1. The standard InChI is InChI=1S/C26H30N6O4.H2S/c1-26(2)21-19(22(30-29-21)28-23(33)17-10-12-18(13-11-17)24(34)35)14-32(26)25(36)27-20(15-31(3)4)16-8-6-5-7-9-16;/h5-13,20H,14-15H2,1-4H3,(H,27,36)(H,34,35)(H2,28,29,30,33);1H2/t20-;/m1./s1. The molecular formula is C26H32N6O4S. The maximum atomic E-state index is 13.5. The normalized spacial score (nSPS) is 14.5. The third-order valence-corrected chi connectivity index (χ3v) is 6.39. The third-order valence-electron chi connectivity index (χ3n) is 6.39. The Hall–Kier alpha value is -3.83. The molecule has 1 aliphatic rings. The van der Waals surface area contributed by atoms with Gasteiger partial charge >= 0.3 is 12.0 Å². The van der Waals surface area contributed by atoms with E-state index in [9.17, 15) is 14.4 Å². The largest absolute Gasteiger partial charge is 0.478 e. The molecular weight excluding hydrogens is 492 g/mol. The molecule has 37 heavy (non-hydrogen) atoms. The number of carbonyl (C=O) groups is 3. The number of aromatic amines is 1. The highest BCUT2D eigenvalue weighted by Crippen LogP contribution is 2.40. The van der Waals surface area contributed by atoms with Gasteiger partial charge in [0.15, 0.2) is 5.82 Å². The molecule has 3 amide bonds. The van der Waals surface area contributed by atoms with Crippen LogP contribution in [0.1, 0.15) is 57.4 Å². The van der Waals surface area contributed by atoms with Crippen LogP contribution in [0.25, 0.3) is 0 Å². The maximum Gasteiger partial charge on any atom is 0.335 e.